The standard InChI is InChI=1S/C27H31N5O/c1-20-9-11-21(12-10-20)26(33)32-16-6-8-23(19-32)25-24(22-7-5-13-28-17-22)18-29-27(30-25)31-14-3-2-4-15-31/h5,7,9-13,17-18,23H,2-4,6,8,14-16,19H2,1H3/t23-/m1/s1. The molecule has 1 amide bonds. The van der Waals surface area contributed by atoms with Crippen LogP contribution in [0.25, 0.3) is 11.1 Å². The molecule has 0 aliphatic carbocycles. The van der Waals surface area contributed by atoms with Gasteiger partial charge in [0.15, 0.2) is 0 Å². The van der Waals surface area contributed by atoms with Gasteiger partial charge < -0.3 is 9.80 Å². The predicted molar refractivity (Wildman–Crippen MR) is 130 cm³/mol. The van der Waals surface area contributed by atoms with E-state index in [9.17, 15) is 4.79 Å². The van der Waals surface area contributed by atoms with Gasteiger partial charge in [0.1, 0.15) is 0 Å². The second-order valence-electron chi connectivity index (χ2n) is 9.21. The van der Waals surface area contributed by atoms with Crippen LogP contribution in [0.1, 0.15) is 59.6 Å². The lowest BCUT2D eigenvalue weighted by molar-refractivity contribution is 0.0706. The fourth-order valence-electron chi connectivity index (χ4n) is 4.95. The summed E-state index contributed by atoms with van der Waals surface area (Å²) in [6.45, 7) is 5.52. The van der Waals surface area contributed by atoms with Crippen molar-refractivity contribution in [1.29, 1.82) is 0 Å². The van der Waals surface area contributed by atoms with Crippen molar-refractivity contribution in [2.24, 2.45) is 0 Å². The normalized spacial score (nSPS) is 18.9. The number of likely N-dealkylation sites (tertiary alicyclic amines) is 1. The van der Waals surface area contributed by atoms with Gasteiger partial charge >= 0.3 is 0 Å². The number of nitrogens with zero attached hydrogens (tertiary/aromatic N) is 5. The molecule has 2 aliphatic rings. The maximum Gasteiger partial charge on any atom is 0.253 e. The molecule has 2 aliphatic heterocycles. The molecule has 4 heterocycles. The number of rotatable bonds is 4. The third-order valence-electron chi connectivity index (χ3n) is 6.81. The van der Waals surface area contributed by atoms with Crippen LogP contribution in [0, 0.1) is 6.92 Å². The first-order chi connectivity index (χ1) is 16.2. The van der Waals surface area contributed by atoms with E-state index in [0.29, 0.717) is 6.54 Å². The maximum atomic E-state index is 13.2. The Balaban J connectivity index is 1.46. The summed E-state index contributed by atoms with van der Waals surface area (Å²) < 4.78 is 0. The van der Waals surface area contributed by atoms with Crippen LogP contribution in [0.2, 0.25) is 0 Å². The van der Waals surface area contributed by atoms with Crippen molar-refractivity contribution >= 4 is 11.9 Å². The fourth-order valence-corrected chi connectivity index (χ4v) is 4.95. The summed E-state index contributed by atoms with van der Waals surface area (Å²) in [5.41, 5.74) is 5.01. The van der Waals surface area contributed by atoms with Crippen LogP contribution in [0.15, 0.2) is 55.0 Å². The Morgan fingerprint density at radius 1 is 0.970 bits per heavy atom. The molecule has 6 nitrogen and oxygen atoms in total. The van der Waals surface area contributed by atoms with Gasteiger partial charge in [-0.2, -0.15) is 0 Å². The van der Waals surface area contributed by atoms with Gasteiger partial charge in [-0.3, -0.25) is 9.78 Å². The third kappa shape index (κ3) is 4.75. The van der Waals surface area contributed by atoms with E-state index in [1.807, 2.05) is 54.5 Å². The number of benzene rings is 1. The Labute approximate surface area is 195 Å². The molecule has 0 N–H and O–H groups in total. The molecule has 0 radical (unpaired) electrons. The third-order valence-corrected chi connectivity index (χ3v) is 6.81. The number of carbonyl (C=O) groups excluding carboxylic acids is 1. The fraction of sp³-hybridized carbons (Fsp3) is 0.407. The second kappa shape index (κ2) is 9.69. The molecule has 2 fully saturated rings. The van der Waals surface area contributed by atoms with Crippen LogP contribution in [0.5, 0.6) is 0 Å². The monoisotopic (exact) mass is 441 g/mol. The highest BCUT2D eigenvalue weighted by Gasteiger charge is 2.29. The van der Waals surface area contributed by atoms with E-state index in [1.165, 1.54) is 19.3 Å². The van der Waals surface area contributed by atoms with E-state index in [-0.39, 0.29) is 11.8 Å². The van der Waals surface area contributed by atoms with E-state index in [2.05, 4.69) is 16.0 Å². The summed E-state index contributed by atoms with van der Waals surface area (Å²) in [6.07, 6.45) is 11.3. The number of hydrogen-bond acceptors (Lipinski definition) is 5. The van der Waals surface area contributed by atoms with E-state index >= 15 is 0 Å². The highest BCUT2D eigenvalue weighted by Crippen LogP contribution is 2.34. The number of hydrogen-bond donors (Lipinski definition) is 0. The van der Waals surface area contributed by atoms with Crippen molar-refractivity contribution in [1.82, 2.24) is 19.9 Å². The van der Waals surface area contributed by atoms with Crippen LogP contribution in [0.3, 0.4) is 0 Å². The molecule has 2 aromatic heterocycles. The lowest BCUT2D eigenvalue weighted by atomic mass is 9.90. The molecule has 0 spiro atoms. The zero-order valence-electron chi connectivity index (χ0n) is 19.3. The summed E-state index contributed by atoms with van der Waals surface area (Å²) in [7, 11) is 0. The average Bonchev–Trinajstić information content (AvgIpc) is 2.89. The quantitative estimate of drug-likeness (QED) is 0.579. The summed E-state index contributed by atoms with van der Waals surface area (Å²) in [4.78, 5) is 31.7. The molecule has 6 heteroatoms. The van der Waals surface area contributed by atoms with E-state index < -0.39 is 0 Å². The molecule has 170 valence electrons. The van der Waals surface area contributed by atoms with Crippen LogP contribution in [0.4, 0.5) is 5.95 Å². The Kier molecular flexibility index (Phi) is 6.33. The molecular formula is C27H31N5O. The number of piperidine rings is 2. The molecule has 3 aromatic rings. The van der Waals surface area contributed by atoms with Gasteiger partial charge in [0.2, 0.25) is 5.95 Å². The van der Waals surface area contributed by atoms with E-state index in [1.54, 1.807) is 6.20 Å². The largest absolute Gasteiger partial charge is 0.341 e. The van der Waals surface area contributed by atoms with Crippen LogP contribution in [-0.4, -0.2) is 51.9 Å². The first-order valence-electron chi connectivity index (χ1n) is 12.1. The number of pyridine rings is 1. The molecule has 0 unspecified atom stereocenters. The molecule has 5 rings (SSSR count). The molecule has 1 atom stereocenters. The lowest BCUT2D eigenvalue weighted by Crippen LogP contribution is -2.39. The van der Waals surface area contributed by atoms with Crippen molar-refractivity contribution in [3.63, 3.8) is 0 Å². The number of amides is 1. The van der Waals surface area contributed by atoms with Crippen molar-refractivity contribution in [3.05, 3.63) is 71.8 Å². The Bertz CT molecular complexity index is 1090. The van der Waals surface area contributed by atoms with Crippen LogP contribution >= 0.6 is 0 Å². The van der Waals surface area contributed by atoms with Gasteiger partial charge in [-0.15, -0.1) is 0 Å². The first kappa shape index (κ1) is 21.6. The van der Waals surface area contributed by atoms with E-state index in [0.717, 1.165) is 66.4 Å². The number of aryl methyl sites for hydroxylation is 1. The first-order valence-corrected chi connectivity index (χ1v) is 12.1. The molecule has 0 saturated carbocycles. The average molecular weight is 442 g/mol. The van der Waals surface area contributed by atoms with Gasteiger partial charge in [0.25, 0.3) is 5.91 Å². The second-order valence-corrected chi connectivity index (χ2v) is 9.21. The van der Waals surface area contributed by atoms with Gasteiger partial charge in [0, 0.05) is 67.4 Å². The minimum absolute atomic E-state index is 0.105. The highest BCUT2D eigenvalue weighted by atomic mass is 16.2. The maximum absolute atomic E-state index is 13.2. The summed E-state index contributed by atoms with van der Waals surface area (Å²) >= 11 is 0. The number of carbonyl (C=O) groups is 1. The smallest absolute Gasteiger partial charge is 0.253 e. The van der Waals surface area contributed by atoms with E-state index in [4.69, 9.17) is 9.97 Å². The SMILES string of the molecule is Cc1ccc(C(=O)N2CCC[C@@H](c3nc(N4CCCCC4)ncc3-c3cccnc3)C2)cc1. The van der Waals surface area contributed by atoms with Crippen LogP contribution < -0.4 is 4.90 Å². The molecule has 2 saturated heterocycles. The van der Waals surface area contributed by atoms with Gasteiger partial charge in [-0.1, -0.05) is 23.8 Å². The number of aromatic nitrogens is 3. The Morgan fingerprint density at radius 2 is 1.79 bits per heavy atom. The molecule has 33 heavy (non-hydrogen) atoms. The zero-order valence-corrected chi connectivity index (χ0v) is 19.3. The predicted octanol–water partition coefficient (Wildman–Crippen LogP) is 4.86. The number of anilines is 1. The lowest BCUT2D eigenvalue weighted by Gasteiger charge is -2.34. The molecule has 0 bridgehead atoms. The van der Waals surface area contributed by atoms with Crippen molar-refractivity contribution in [3.8, 4) is 11.1 Å². The Morgan fingerprint density at radius 3 is 2.55 bits per heavy atom. The minimum atomic E-state index is 0.105. The van der Waals surface area contributed by atoms with Gasteiger partial charge in [0.05, 0.1) is 5.69 Å². The Hall–Kier alpha value is -3.28. The molecule has 1 aromatic carbocycles. The topological polar surface area (TPSA) is 62.2 Å². The van der Waals surface area contributed by atoms with Gasteiger partial charge in [-0.25, -0.2) is 9.97 Å². The van der Waals surface area contributed by atoms with Crippen molar-refractivity contribution < 1.29 is 4.79 Å². The molecular weight excluding hydrogens is 410 g/mol. The van der Waals surface area contributed by atoms with Gasteiger partial charge in [-0.05, 0) is 57.2 Å². The highest BCUT2D eigenvalue weighted by molar-refractivity contribution is 5.94. The van der Waals surface area contributed by atoms with Crippen molar-refractivity contribution in [2.75, 3.05) is 31.1 Å². The summed E-state index contributed by atoms with van der Waals surface area (Å²) in [5, 5.41) is 0. The van der Waals surface area contributed by atoms with Crippen LogP contribution in [-0.2, 0) is 0 Å². The van der Waals surface area contributed by atoms with Crippen molar-refractivity contribution in [2.45, 2.75) is 44.9 Å². The zero-order chi connectivity index (χ0) is 22.6. The summed E-state index contributed by atoms with van der Waals surface area (Å²) in [6, 6.07) is 11.9. The summed E-state index contributed by atoms with van der Waals surface area (Å²) in [5.74, 6) is 1.10. The minimum Gasteiger partial charge on any atom is -0.341 e.